The minimum atomic E-state index is 0.176. The number of thiophene rings is 1. The molecule has 4 saturated heterocycles. The molecule has 26 heavy (non-hydrogen) atoms. The molecular formula is C20H31N3O2S. The number of fused-ring (bicyclic) bond motifs is 4. The van der Waals surface area contributed by atoms with Crippen molar-refractivity contribution >= 4 is 17.2 Å². The summed E-state index contributed by atoms with van der Waals surface area (Å²) in [7, 11) is 1.71. The van der Waals surface area contributed by atoms with Gasteiger partial charge in [-0.05, 0) is 55.8 Å². The van der Waals surface area contributed by atoms with Gasteiger partial charge in [-0.1, -0.05) is 0 Å². The van der Waals surface area contributed by atoms with Crippen molar-refractivity contribution in [3.8, 4) is 0 Å². The molecule has 5 heterocycles. The molecule has 0 unspecified atom stereocenters. The molecule has 6 heteroatoms. The summed E-state index contributed by atoms with van der Waals surface area (Å²) in [5.74, 6) is 0.524. The van der Waals surface area contributed by atoms with Gasteiger partial charge in [0.2, 0.25) is 5.91 Å². The van der Waals surface area contributed by atoms with Crippen LogP contribution in [0.5, 0.6) is 0 Å². The third-order valence-electron chi connectivity index (χ3n) is 6.10. The molecule has 1 amide bonds. The molecule has 4 fully saturated rings. The molecule has 2 atom stereocenters. The predicted octanol–water partition coefficient (Wildman–Crippen LogP) is 2.41. The Balaban J connectivity index is 1.37. The fourth-order valence-corrected chi connectivity index (χ4v) is 5.68. The van der Waals surface area contributed by atoms with E-state index in [0.717, 1.165) is 45.6 Å². The van der Waals surface area contributed by atoms with Crippen LogP contribution in [0.3, 0.4) is 0 Å². The molecule has 2 bridgehead atoms. The Hall–Kier alpha value is -0.950. The van der Waals surface area contributed by atoms with E-state index in [1.807, 2.05) is 11.3 Å². The molecule has 0 saturated carbocycles. The molecule has 0 N–H and O–H groups in total. The molecule has 0 aliphatic carbocycles. The number of nitrogens with zero attached hydrogens (tertiary/aromatic N) is 3. The van der Waals surface area contributed by atoms with Crippen LogP contribution in [0.25, 0.3) is 0 Å². The molecule has 0 radical (unpaired) electrons. The van der Waals surface area contributed by atoms with E-state index in [2.05, 4.69) is 26.1 Å². The fraction of sp³-hybridized carbons (Fsp3) is 0.750. The van der Waals surface area contributed by atoms with Crippen LogP contribution in [0.4, 0.5) is 0 Å². The molecule has 5 rings (SSSR count). The summed E-state index contributed by atoms with van der Waals surface area (Å²) in [4.78, 5) is 21.4. The third-order valence-corrected chi connectivity index (χ3v) is 7.07. The van der Waals surface area contributed by atoms with Crippen LogP contribution in [-0.2, 0) is 22.6 Å². The molecule has 144 valence electrons. The minimum Gasteiger partial charge on any atom is -0.383 e. The smallest absolute Gasteiger partial charge is 0.227 e. The summed E-state index contributed by atoms with van der Waals surface area (Å²) in [6, 6.07) is 2.75. The van der Waals surface area contributed by atoms with Crippen LogP contribution < -0.4 is 0 Å². The van der Waals surface area contributed by atoms with Crippen molar-refractivity contribution in [3.05, 3.63) is 21.9 Å². The first kappa shape index (κ1) is 18.4. The van der Waals surface area contributed by atoms with Crippen LogP contribution >= 0.6 is 11.3 Å². The number of ether oxygens (including phenoxy) is 1. The van der Waals surface area contributed by atoms with Gasteiger partial charge in [0.25, 0.3) is 0 Å². The summed E-state index contributed by atoms with van der Waals surface area (Å²) >= 11 is 1.88. The number of hydrogen-bond acceptors (Lipinski definition) is 5. The SMILES string of the molecule is COCCN1C(=O)[C@H]2CC[C@@H]1CN(Cc1cc(CN3CCCC3)cs1)C2. The second-order valence-electron chi connectivity index (χ2n) is 8.05. The van der Waals surface area contributed by atoms with Crippen LogP contribution in [0.1, 0.15) is 36.1 Å². The van der Waals surface area contributed by atoms with Crippen molar-refractivity contribution in [2.75, 3.05) is 46.4 Å². The topological polar surface area (TPSA) is 36.0 Å². The van der Waals surface area contributed by atoms with E-state index < -0.39 is 0 Å². The second kappa shape index (κ2) is 8.38. The normalized spacial score (nSPS) is 27.4. The summed E-state index contributed by atoms with van der Waals surface area (Å²) in [6.07, 6.45) is 4.89. The lowest BCUT2D eigenvalue weighted by Crippen LogP contribution is -2.49. The van der Waals surface area contributed by atoms with E-state index in [-0.39, 0.29) is 5.92 Å². The van der Waals surface area contributed by atoms with Crippen molar-refractivity contribution in [2.45, 2.75) is 44.8 Å². The van der Waals surface area contributed by atoms with Crippen LogP contribution in [-0.4, -0.2) is 73.1 Å². The highest BCUT2D eigenvalue weighted by molar-refractivity contribution is 7.10. The zero-order chi connectivity index (χ0) is 17.9. The van der Waals surface area contributed by atoms with Gasteiger partial charge in [0.15, 0.2) is 0 Å². The lowest BCUT2D eigenvalue weighted by atomic mass is 9.94. The van der Waals surface area contributed by atoms with E-state index in [9.17, 15) is 4.79 Å². The van der Waals surface area contributed by atoms with Gasteiger partial charge in [0.1, 0.15) is 0 Å². The zero-order valence-electron chi connectivity index (χ0n) is 15.9. The maximum atomic E-state index is 12.7. The Kier molecular flexibility index (Phi) is 5.93. The number of amides is 1. The minimum absolute atomic E-state index is 0.176. The number of carbonyl (C=O) groups excluding carboxylic acids is 1. The summed E-state index contributed by atoms with van der Waals surface area (Å²) in [5.41, 5.74) is 1.46. The summed E-state index contributed by atoms with van der Waals surface area (Å²) in [6.45, 7) is 7.89. The highest BCUT2D eigenvalue weighted by Crippen LogP contribution is 2.30. The van der Waals surface area contributed by atoms with Gasteiger partial charge in [0.05, 0.1) is 12.5 Å². The van der Waals surface area contributed by atoms with Gasteiger partial charge in [-0.25, -0.2) is 0 Å². The van der Waals surface area contributed by atoms with Crippen molar-refractivity contribution in [1.82, 2.24) is 14.7 Å². The Morgan fingerprint density at radius 3 is 2.81 bits per heavy atom. The lowest BCUT2D eigenvalue weighted by molar-refractivity contribution is -0.140. The van der Waals surface area contributed by atoms with E-state index in [0.29, 0.717) is 18.6 Å². The highest BCUT2D eigenvalue weighted by atomic mass is 32.1. The van der Waals surface area contributed by atoms with Crippen molar-refractivity contribution in [3.63, 3.8) is 0 Å². The summed E-state index contributed by atoms with van der Waals surface area (Å²) < 4.78 is 5.21. The fourth-order valence-electron chi connectivity index (χ4n) is 4.75. The average Bonchev–Trinajstić information content (AvgIpc) is 3.22. The molecule has 1 aromatic heterocycles. The summed E-state index contributed by atoms with van der Waals surface area (Å²) in [5, 5.41) is 2.33. The molecule has 5 nitrogen and oxygen atoms in total. The van der Waals surface area contributed by atoms with Gasteiger partial charge in [-0.2, -0.15) is 0 Å². The van der Waals surface area contributed by atoms with Gasteiger partial charge in [0, 0.05) is 50.8 Å². The van der Waals surface area contributed by atoms with Crippen LogP contribution in [0.15, 0.2) is 11.4 Å². The Morgan fingerprint density at radius 2 is 2.00 bits per heavy atom. The van der Waals surface area contributed by atoms with Gasteiger partial charge < -0.3 is 9.64 Å². The first-order valence-corrected chi connectivity index (χ1v) is 10.9. The Labute approximate surface area is 160 Å². The number of carbonyl (C=O) groups is 1. The number of rotatable bonds is 7. The number of likely N-dealkylation sites (tertiary alicyclic amines) is 1. The second-order valence-corrected chi connectivity index (χ2v) is 9.05. The third kappa shape index (κ3) is 4.14. The quantitative estimate of drug-likeness (QED) is 0.731. The Bertz CT molecular complexity index is 614. The molecule has 4 aliphatic heterocycles. The Morgan fingerprint density at radius 1 is 1.15 bits per heavy atom. The van der Waals surface area contributed by atoms with Crippen molar-refractivity contribution in [2.24, 2.45) is 5.92 Å². The maximum Gasteiger partial charge on any atom is 0.227 e. The molecule has 4 aliphatic rings. The highest BCUT2D eigenvalue weighted by Gasteiger charge is 2.40. The molecule has 1 aromatic rings. The van der Waals surface area contributed by atoms with E-state index in [1.54, 1.807) is 7.11 Å². The molecule has 0 aromatic carbocycles. The molecule has 0 spiro atoms. The maximum absolute atomic E-state index is 12.7. The van der Waals surface area contributed by atoms with Crippen LogP contribution in [0, 0.1) is 5.92 Å². The monoisotopic (exact) mass is 377 g/mol. The number of hydrogen-bond donors (Lipinski definition) is 0. The van der Waals surface area contributed by atoms with Gasteiger partial charge in [-0.15, -0.1) is 11.3 Å². The van der Waals surface area contributed by atoms with Crippen LogP contribution in [0.2, 0.25) is 0 Å². The van der Waals surface area contributed by atoms with Gasteiger partial charge >= 0.3 is 0 Å². The molecular weight excluding hydrogens is 346 g/mol. The zero-order valence-corrected chi connectivity index (χ0v) is 16.7. The number of piperidine rings is 1. The van der Waals surface area contributed by atoms with Crippen molar-refractivity contribution in [1.29, 1.82) is 0 Å². The standard InChI is InChI=1S/C20H31N3O2S/c1-25-9-8-23-18-5-4-17(20(23)24)12-22(13-18)14-19-10-16(15-26-19)11-21-6-2-3-7-21/h10,15,17-18H,2-9,11-14H2,1H3/t17-,18+/m0/s1. The van der Waals surface area contributed by atoms with E-state index in [4.69, 9.17) is 4.74 Å². The first-order chi connectivity index (χ1) is 12.7. The predicted molar refractivity (Wildman–Crippen MR) is 104 cm³/mol. The largest absolute Gasteiger partial charge is 0.383 e. The van der Waals surface area contributed by atoms with Crippen molar-refractivity contribution < 1.29 is 9.53 Å². The van der Waals surface area contributed by atoms with E-state index >= 15 is 0 Å². The lowest BCUT2D eigenvalue weighted by Gasteiger charge is -2.35. The first-order valence-electron chi connectivity index (χ1n) is 10.0. The number of methoxy groups -OCH3 is 1. The van der Waals surface area contributed by atoms with Gasteiger partial charge in [-0.3, -0.25) is 14.6 Å². The average molecular weight is 378 g/mol. The van der Waals surface area contributed by atoms with E-state index in [1.165, 1.54) is 36.4 Å².